The third-order valence-corrected chi connectivity index (χ3v) is 5.59. The summed E-state index contributed by atoms with van der Waals surface area (Å²) in [6.45, 7) is 1.64. The van der Waals surface area contributed by atoms with Gasteiger partial charge in [0.15, 0.2) is 0 Å². The lowest BCUT2D eigenvalue weighted by Crippen LogP contribution is -2.20. The van der Waals surface area contributed by atoms with Crippen LogP contribution in [-0.4, -0.2) is 35.8 Å². The summed E-state index contributed by atoms with van der Waals surface area (Å²) >= 11 is 0. The summed E-state index contributed by atoms with van der Waals surface area (Å²) in [5, 5.41) is 5.83. The van der Waals surface area contributed by atoms with Crippen molar-refractivity contribution in [1.29, 1.82) is 0 Å². The molecule has 0 atom stereocenters. The molecule has 0 saturated carbocycles. The molecule has 28 heavy (non-hydrogen) atoms. The van der Waals surface area contributed by atoms with Gasteiger partial charge in [0.25, 0.3) is 0 Å². The standard InChI is InChI=1S/C23H23N3O2/c1-27-23-5-3-2-4-19(23)21-8-7-20(25-21)16-6-9-22-17(14-16)15-24-26(22)18-10-12-28-13-11-18/h2-6,8-9,14-15,18H,7,10-13H2,1H3. The lowest BCUT2D eigenvalue weighted by atomic mass is 10.1. The first kappa shape index (κ1) is 17.2. The third-order valence-electron chi connectivity index (χ3n) is 5.59. The predicted octanol–water partition coefficient (Wildman–Crippen LogP) is 4.63. The Morgan fingerprint density at radius 2 is 1.96 bits per heavy atom. The molecule has 5 rings (SSSR count). The zero-order chi connectivity index (χ0) is 18.9. The summed E-state index contributed by atoms with van der Waals surface area (Å²) in [6.07, 6.45) is 7.02. The van der Waals surface area contributed by atoms with Crippen molar-refractivity contribution in [3.05, 3.63) is 65.9 Å². The van der Waals surface area contributed by atoms with Crippen molar-refractivity contribution in [2.45, 2.75) is 25.3 Å². The van der Waals surface area contributed by atoms with Crippen LogP contribution in [0.2, 0.25) is 0 Å². The van der Waals surface area contributed by atoms with Gasteiger partial charge in [-0.25, -0.2) is 0 Å². The molecule has 0 N–H and O–H groups in total. The van der Waals surface area contributed by atoms with Crippen LogP contribution < -0.4 is 4.74 Å². The Kier molecular flexibility index (Phi) is 4.45. The Hall–Kier alpha value is -2.92. The van der Waals surface area contributed by atoms with E-state index in [1.165, 1.54) is 5.52 Å². The van der Waals surface area contributed by atoms with Gasteiger partial charge in [-0.2, -0.15) is 5.10 Å². The van der Waals surface area contributed by atoms with Gasteiger partial charge in [0.05, 0.1) is 36.3 Å². The SMILES string of the molecule is COc1ccccc1C1=CCC(c2ccc3c(cnn3C3CCOCC3)c2)=N1. The van der Waals surface area contributed by atoms with E-state index in [0.717, 1.165) is 66.1 Å². The quantitative estimate of drug-likeness (QED) is 0.670. The summed E-state index contributed by atoms with van der Waals surface area (Å²) in [6, 6.07) is 15.0. The first-order chi connectivity index (χ1) is 13.8. The van der Waals surface area contributed by atoms with Crippen LogP contribution in [0.25, 0.3) is 16.6 Å². The van der Waals surface area contributed by atoms with Gasteiger partial charge in [-0.15, -0.1) is 0 Å². The number of hydrogen-bond acceptors (Lipinski definition) is 4. The predicted molar refractivity (Wildman–Crippen MR) is 111 cm³/mol. The number of hydrogen-bond donors (Lipinski definition) is 0. The molecule has 142 valence electrons. The fourth-order valence-electron chi connectivity index (χ4n) is 4.09. The molecule has 2 aromatic carbocycles. The highest BCUT2D eigenvalue weighted by Gasteiger charge is 2.20. The van der Waals surface area contributed by atoms with Crippen molar-refractivity contribution in [2.75, 3.05) is 20.3 Å². The number of aliphatic imine (C=N–C) groups is 1. The van der Waals surface area contributed by atoms with E-state index in [-0.39, 0.29) is 0 Å². The van der Waals surface area contributed by atoms with Gasteiger partial charge in [0.1, 0.15) is 5.75 Å². The highest BCUT2D eigenvalue weighted by Crippen LogP contribution is 2.32. The molecule has 5 nitrogen and oxygen atoms in total. The minimum Gasteiger partial charge on any atom is -0.496 e. The van der Waals surface area contributed by atoms with Crippen LogP contribution in [0.1, 0.15) is 36.4 Å². The lowest BCUT2D eigenvalue weighted by molar-refractivity contribution is 0.0675. The zero-order valence-electron chi connectivity index (χ0n) is 16.0. The van der Waals surface area contributed by atoms with Crippen LogP contribution in [0.15, 0.2) is 59.7 Å². The lowest BCUT2D eigenvalue weighted by Gasteiger charge is -2.23. The van der Waals surface area contributed by atoms with E-state index in [2.05, 4.69) is 40.1 Å². The van der Waals surface area contributed by atoms with Gasteiger partial charge in [-0.1, -0.05) is 24.3 Å². The van der Waals surface area contributed by atoms with Crippen molar-refractivity contribution >= 4 is 22.3 Å². The molecule has 5 heteroatoms. The molecule has 0 bridgehead atoms. The van der Waals surface area contributed by atoms with Crippen LogP contribution in [0.3, 0.4) is 0 Å². The number of allylic oxidation sites excluding steroid dienone is 1. The van der Waals surface area contributed by atoms with Gasteiger partial charge < -0.3 is 9.47 Å². The molecule has 3 heterocycles. The van der Waals surface area contributed by atoms with Crippen LogP contribution >= 0.6 is 0 Å². The molecular formula is C23H23N3O2. The van der Waals surface area contributed by atoms with Crippen LogP contribution in [0.4, 0.5) is 0 Å². The monoisotopic (exact) mass is 373 g/mol. The highest BCUT2D eigenvalue weighted by atomic mass is 16.5. The number of nitrogens with zero attached hydrogens (tertiary/aromatic N) is 3. The van der Waals surface area contributed by atoms with Crippen LogP contribution in [0, 0.1) is 0 Å². The third kappa shape index (κ3) is 3.02. The molecule has 2 aliphatic rings. The number of ether oxygens (including phenoxy) is 2. The minimum atomic E-state index is 0.430. The van der Waals surface area contributed by atoms with E-state index in [0.29, 0.717) is 6.04 Å². The normalized spacial score (nSPS) is 17.6. The highest BCUT2D eigenvalue weighted by molar-refractivity contribution is 6.09. The van der Waals surface area contributed by atoms with E-state index in [9.17, 15) is 0 Å². The summed E-state index contributed by atoms with van der Waals surface area (Å²) < 4.78 is 13.1. The molecule has 1 aromatic heterocycles. The van der Waals surface area contributed by atoms with Crippen LogP contribution in [-0.2, 0) is 4.74 Å². The molecular weight excluding hydrogens is 350 g/mol. The van der Waals surface area contributed by atoms with Gasteiger partial charge in [-0.05, 0) is 42.7 Å². The van der Waals surface area contributed by atoms with Crippen molar-refractivity contribution in [3.63, 3.8) is 0 Å². The second kappa shape index (κ2) is 7.24. The Labute approximate surface area is 164 Å². The van der Waals surface area contributed by atoms with E-state index < -0.39 is 0 Å². The average Bonchev–Trinajstić information content (AvgIpc) is 3.41. The average molecular weight is 373 g/mol. The fraction of sp³-hybridized carbons (Fsp3) is 0.304. The summed E-state index contributed by atoms with van der Waals surface area (Å²) in [7, 11) is 1.70. The van der Waals surface area contributed by atoms with E-state index in [1.54, 1.807) is 7.11 Å². The minimum absolute atomic E-state index is 0.430. The van der Waals surface area contributed by atoms with Crippen LogP contribution in [0.5, 0.6) is 5.75 Å². The number of aromatic nitrogens is 2. The second-order valence-electron chi connectivity index (χ2n) is 7.26. The number of rotatable bonds is 4. The molecule has 1 saturated heterocycles. The first-order valence-electron chi connectivity index (χ1n) is 9.80. The van der Waals surface area contributed by atoms with Crippen molar-refractivity contribution in [2.24, 2.45) is 4.99 Å². The van der Waals surface area contributed by atoms with Crippen molar-refractivity contribution < 1.29 is 9.47 Å². The van der Waals surface area contributed by atoms with E-state index in [4.69, 9.17) is 14.5 Å². The first-order valence-corrected chi connectivity index (χ1v) is 9.80. The molecule has 0 amide bonds. The zero-order valence-corrected chi connectivity index (χ0v) is 16.0. The summed E-state index contributed by atoms with van der Waals surface area (Å²) in [5.74, 6) is 0.854. The molecule has 0 unspecified atom stereocenters. The van der Waals surface area contributed by atoms with Crippen molar-refractivity contribution in [3.8, 4) is 5.75 Å². The summed E-state index contributed by atoms with van der Waals surface area (Å²) in [5.41, 5.74) is 5.44. The fourth-order valence-corrected chi connectivity index (χ4v) is 4.09. The maximum absolute atomic E-state index is 5.49. The van der Waals surface area contributed by atoms with Gasteiger partial charge in [0.2, 0.25) is 0 Å². The molecule has 3 aromatic rings. The Morgan fingerprint density at radius 1 is 1.11 bits per heavy atom. The summed E-state index contributed by atoms with van der Waals surface area (Å²) in [4.78, 5) is 4.89. The number of fused-ring (bicyclic) bond motifs is 1. The Morgan fingerprint density at radius 3 is 2.82 bits per heavy atom. The molecule has 1 fully saturated rings. The van der Waals surface area contributed by atoms with Gasteiger partial charge in [-0.3, -0.25) is 9.67 Å². The number of methoxy groups -OCH3 is 1. The molecule has 2 aliphatic heterocycles. The second-order valence-corrected chi connectivity index (χ2v) is 7.26. The topological polar surface area (TPSA) is 48.6 Å². The number of para-hydroxylation sites is 1. The Balaban J connectivity index is 1.44. The van der Waals surface area contributed by atoms with E-state index in [1.807, 2.05) is 24.4 Å². The van der Waals surface area contributed by atoms with E-state index >= 15 is 0 Å². The van der Waals surface area contributed by atoms with Gasteiger partial charge >= 0.3 is 0 Å². The Bertz CT molecular complexity index is 1070. The molecule has 0 radical (unpaired) electrons. The smallest absolute Gasteiger partial charge is 0.128 e. The largest absolute Gasteiger partial charge is 0.496 e. The molecule has 0 aliphatic carbocycles. The van der Waals surface area contributed by atoms with Crippen molar-refractivity contribution in [1.82, 2.24) is 9.78 Å². The maximum Gasteiger partial charge on any atom is 0.128 e. The maximum atomic E-state index is 5.49. The number of benzene rings is 2. The van der Waals surface area contributed by atoms with Gasteiger partial charge in [0, 0.05) is 30.6 Å². The molecule has 0 spiro atoms.